The average molecular weight is 334 g/mol. The molecule has 0 bridgehead atoms. The van der Waals surface area contributed by atoms with Crippen LogP contribution in [0.25, 0.3) is 0 Å². The van der Waals surface area contributed by atoms with Gasteiger partial charge in [-0.25, -0.2) is 8.42 Å². The molecule has 8 nitrogen and oxygen atoms in total. The molecule has 0 aromatic heterocycles. The Hall–Kier alpha value is -2.94. The van der Waals surface area contributed by atoms with E-state index in [0.29, 0.717) is 5.69 Å². The third-order valence-corrected chi connectivity index (χ3v) is 4.19. The molecule has 0 saturated carbocycles. The van der Waals surface area contributed by atoms with Crippen molar-refractivity contribution < 1.29 is 18.4 Å². The van der Waals surface area contributed by atoms with Crippen molar-refractivity contribution in [2.24, 2.45) is 4.99 Å². The second kappa shape index (κ2) is 6.44. The number of nitrogens with zero attached hydrogens (tertiary/aromatic N) is 2. The van der Waals surface area contributed by atoms with Crippen molar-refractivity contribution in [3.63, 3.8) is 0 Å². The van der Waals surface area contributed by atoms with Gasteiger partial charge < -0.3 is 5.11 Å². The maximum absolute atomic E-state index is 12.3. The minimum Gasteiger partial charge on any atom is -0.862 e. The topological polar surface area (TPSA) is 125 Å². The lowest BCUT2D eigenvalue weighted by Crippen LogP contribution is -2.14. The van der Waals surface area contributed by atoms with Gasteiger partial charge in [-0.1, -0.05) is 12.1 Å². The number of hydrogen-bond acceptors (Lipinski definition) is 6. The first-order valence-electron chi connectivity index (χ1n) is 6.38. The van der Waals surface area contributed by atoms with Gasteiger partial charge >= 0.3 is 0 Å². The van der Waals surface area contributed by atoms with E-state index in [1.54, 1.807) is 0 Å². The first-order chi connectivity index (χ1) is 10.8. The SMILES string of the molecule is CC([O-])=Nc1ccc(NS(=O)(=O)c2ccccc2[N+](=O)[O-])cc1. The zero-order valence-electron chi connectivity index (χ0n) is 12.0. The van der Waals surface area contributed by atoms with E-state index in [1.165, 1.54) is 43.3 Å². The van der Waals surface area contributed by atoms with Gasteiger partial charge in [-0.15, -0.1) is 0 Å². The van der Waals surface area contributed by atoms with Crippen molar-refractivity contribution >= 4 is 33.0 Å². The van der Waals surface area contributed by atoms with Crippen LogP contribution in [0.1, 0.15) is 6.92 Å². The van der Waals surface area contributed by atoms with Gasteiger partial charge in [-0.3, -0.25) is 19.8 Å². The van der Waals surface area contributed by atoms with Crippen LogP contribution in [0.3, 0.4) is 0 Å². The molecule has 2 aromatic carbocycles. The monoisotopic (exact) mass is 334 g/mol. The highest BCUT2D eigenvalue weighted by Crippen LogP contribution is 2.26. The molecule has 1 N–H and O–H groups in total. The van der Waals surface area contributed by atoms with Crippen LogP contribution in [-0.4, -0.2) is 19.2 Å². The summed E-state index contributed by atoms with van der Waals surface area (Å²) in [6, 6.07) is 10.8. The number of nitrogens with one attached hydrogen (secondary N) is 1. The van der Waals surface area contributed by atoms with Crippen molar-refractivity contribution in [1.29, 1.82) is 0 Å². The summed E-state index contributed by atoms with van der Waals surface area (Å²) in [5.74, 6) is -0.377. The quantitative estimate of drug-likeness (QED) is 0.386. The molecule has 0 saturated heterocycles. The van der Waals surface area contributed by atoms with Crippen LogP contribution in [0.4, 0.5) is 17.1 Å². The van der Waals surface area contributed by atoms with Crippen molar-refractivity contribution in [3.05, 3.63) is 58.6 Å². The highest BCUT2D eigenvalue weighted by Gasteiger charge is 2.25. The Morgan fingerprint density at radius 3 is 2.30 bits per heavy atom. The standard InChI is InChI=1S/C14H13N3O5S/c1-10(18)15-11-6-8-12(9-7-11)16-23(21,22)14-5-3-2-4-13(14)17(19)20/h2-9,16H,1H3,(H,15,18)/p-1. The number of para-hydroxylation sites is 1. The molecule has 2 aromatic rings. The number of benzene rings is 2. The molecule has 0 aliphatic carbocycles. The third-order valence-electron chi connectivity index (χ3n) is 2.76. The first-order valence-corrected chi connectivity index (χ1v) is 7.86. The van der Waals surface area contributed by atoms with Crippen LogP contribution >= 0.6 is 0 Å². The molecule has 0 fully saturated rings. The zero-order valence-corrected chi connectivity index (χ0v) is 12.8. The van der Waals surface area contributed by atoms with Gasteiger partial charge in [-0.2, -0.15) is 0 Å². The van der Waals surface area contributed by atoms with E-state index in [-0.39, 0.29) is 11.6 Å². The van der Waals surface area contributed by atoms with E-state index in [9.17, 15) is 23.6 Å². The van der Waals surface area contributed by atoms with Crippen LogP contribution in [0.15, 0.2) is 58.4 Å². The Morgan fingerprint density at radius 2 is 1.74 bits per heavy atom. The fraction of sp³-hybridized carbons (Fsp3) is 0.0714. The van der Waals surface area contributed by atoms with E-state index >= 15 is 0 Å². The molecule has 0 heterocycles. The van der Waals surface area contributed by atoms with Crippen LogP contribution < -0.4 is 9.83 Å². The number of anilines is 1. The van der Waals surface area contributed by atoms with Crippen LogP contribution in [0.2, 0.25) is 0 Å². The van der Waals surface area contributed by atoms with Crippen molar-refractivity contribution in [2.75, 3.05) is 4.72 Å². The Kier molecular flexibility index (Phi) is 4.60. The molecule has 0 atom stereocenters. The second-order valence-corrected chi connectivity index (χ2v) is 6.16. The van der Waals surface area contributed by atoms with Crippen LogP contribution in [0, 0.1) is 10.1 Å². The number of nitro groups is 1. The molecule has 0 radical (unpaired) electrons. The smallest absolute Gasteiger partial charge is 0.289 e. The van der Waals surface area contributed by atoms with E-state index in [4.69, 9.17) is 0 Å². The number of rotatable bonds is 5. The maximum Gasteiger partial charge on any atom is 0.289 e. The summed E-state index contributed by atoms with van der Waals surface area (Å²) < 4.78 is 26.8. The van der Waals surface area contributed by atoms with Crippen LogP contribution in [0.5, 0.6) is 0 Å². The normalized spacial score (nSPS) is 12.0. The fourth-order valence-electron chi connectivity index (χ4n) is 1.83. The number of nitro benzene ring substituents is 1. The van der Waals surface area contributed by atoms with Crippen molar-refractivity contribution in [2.45, 2.75) is 11.8 Å². The molecule has 120 valence electrons. The molecule has 0 aliphatic heterocycles. The molecule has 0 spiro atoms. The van der Waals surface area contributed by atoms with Crippen LogP contribution in [-0.2, 0) is 10.0 Å². The fourth-order valence-corrected chi connectivity index (χ4v) is 3.06. The summed E-state index contributed by atoms with van der Waals surface area (Å²) in [5.41, 5.74) is 0.0694. The lowest BCUT2D eigenvalue weighted by molar-refractivity contribution is -0.387. The summed E-state index contributed by atoms with van der Waals surface area (Å²) in [4.78, 5) is 13.4. The second-order valence-electron chi connectivity index (χ2n) is 4.51. The molecule has 0 aliphatic rings. The number of hydrogen-bond donors (Lipinski definition) is 1. The highest BCUT2D eigenvalue weighted by molar-refractivity contribution is 7.92. The summed E-state index contributed by atoms with van der Waals surface area (Å²) in [5, 5.41) is 21.8. The average Bonchev–Trinajstić information content (AvgIpc) is 2.48. The first kappa shape index (κ1) is 16.4. The van der Waals surface area contributed by atoms with Gasteiger partial charge in [0.05, 0.1) is 10.6 Å². The maximum atomic E-state index is 12.3. The van der Waals surface area contributed by atoms with Gasteiger partial charge in [0.1, 0.15) is 0 Å². The minimum atomic E-state index is -4.11. The molecule has 0 amide bonds. The summed E-state index contributed by atoms with van der Waals surface area (Å²) >= 11 is 0. The molecule has 9 heteroatoms. The molecule has 2 rings (SSSR count). The van der Waals surface area contributed by atoms with E-state index in [1.807, 2.05) is 0 Å². The Morgan fingerprint density at radius 1 is 1.13 bits per heavy atom. The third kappa shape index (κ3) is 4.04. The van der Waals surface area contributed by atoms with Gasteiger partial charge in [-0.05, 0) is 43.2 Å². The minimum absolute atomic E-state index is 0.200. The summed E-state index contributed by atoms with van der Waals surface area (Å²) in [6.45, 7) is 1.30. The van der Waals surface area contributed by atoms with Crippen molar-refractivity contribution in [1.82, 2.24) is 0 Å². The number of sulfonamides is 1. The van der Waals surface area contributed by atoms with Gasteiger partial charge in [0.15, 0.2) is 4.90 Å². The van der Waals surface area contributed by atoms with Gasteiger partial charge in [0.25, 0.3) is 15.7 Å². The molecular weight excluding hydrogens is 322 g/mol. The largest absolute Gasteiger partial charge is 0.862 e. The lowest BCUT2D eigenvalue weighted by Gasteiger charge is -2.09. The highest BCUT2D eigenvalue weighted by atomic mass is 32.2. The lowest BCUT2D eigenvalue weighted by atomic mass is 10.3. The van der Waals surface area contributed by atoms with E-state index in [2.05, 4.69) is 9.71 Å². The Labute approximate surface area is 132 Å². The van der Waals surface area contributed by atoms with E-state index < -0.39 is 25.5 Å². The van der Waals surface area contributed by atoms with Gasteiger partial charge in [0, 0.05) is 11.8 Å². The summed E-state index contributed by atoms with van der Waals surface area (Å²) in [7, 11) is -4.11. The molecular formula is C14H12N3O5S-. The van der Waals surface area contributed by atoms with Crippen molar-refractivity contribution in [3.8, 4) is 0 Å². The van der Waals surface area contributed by atoms with E-state index in [0.717, 1.165) is 12.1 Å². The predicted molar refractivity (Wildman–Crippen MR) is 83.1 cm³/mol. The molecule has 23 heavy (non-hydrogen) atoms. The Bertz CT molecular complexity index is 856. The molecule has 0 unspecified atom stereocenters. The zero-order chi connectivity index (χ0) is 17.0. The Balaban J connectivity index is 2.32. The number of aliphatic imine (C=N–C) groups is 1. The summed E-state index contributed by atoms with van der Waals surface area (Å²) in [6.07, 6.45) is 0. The predicted octanol–water partition coefficient (Wildman–Crippen LogP) is 1.81. The van der Waals surface area contributed by atoms with Gasteiger partial charge in [0.2, 0.25) is 0 Å².